The molecule has 0 saturated carbocycles. The highest BCUT2D eigenvalue weighted by atomic mass is 16.3. The summed E-state index contributed by atoms with van der Waals surface area (Å²) in [4.78, 5) is 4.49. The zero-order chi connectivity index (χ0) is 12.6. The fourth-order valence-electron chi connectivity index (χ4n) is 2.01. The van der Waals surface area contributed by atoms with Gasteiger partial charge in [-0.2, -0.15) is 0 Å². The highest BCUT2D eigenvalue weighted by Crippen LogP contribution is 2.25. The number of aryl methyl sites for hydroxylation is 1. The molecule has 0 radical (unpaired) electrons. The molecular formula is C15H19NO. The van der Waals surface area contributed by atoms with Crippen molar-refractivity contribution in [1.82, 2.24) is 4.98 Å². The van der Waals surface area contributed by atoms with E-state index in [0.29, 0.717) is 5.92 Å². The van der Waals surface area contributed by atoms with Crippen LogP contribution in [0.4, 0.5) is 0 Å². The lowest BCUT2D eigenvalue weighted by molar-refractivity contribution is 0.194. The molecule has 0 spiro atoms. The van der Waals surface area contributed by atoms with Crippen molar-refractivity contribution in [2.45, 2.75) is 39.7 Å². The van der Waals surface area contributed by atoms with Gasteiger partial charge in [0.25, 0.3) is 0 Å². The van der Waals surface area contributed by atoms with Crippen LogP contribution in [-0.4, -0.2) is 10.1 Å². The summed E-state index contributed by atoms with van der Waals surface area (Å²) < 4.78 is 0. The molecule has 1 atom stereocenters. The number of nitrogens with zero attached hydrogens (tertiary/aromatic N) is 1. The SMILES string of the molecule is Cc1cc(C(C)O)nc2ccc(C(C)C)cc12. The van der Waals surface area contributed by atoms with Gasteiger partial charge in [0, 0.05) is 5.39 Å². The molecule has 1 unspecified atom stereocenters. The van der Waals surface area contributed by atoms with Gasteiger partial charge in [-0.15, -0.1) is 0 Å². The predicted octanol–water partition coefficient (Wildman–Crippen LogP) is 3.72. The van der Waals surface area contributed by atoms with Crippen LogP contribution in [0.5, 0.6) is 0 Å². The average molecular weight is 229 g/mol. The Morgan fingerprint density at radius 3 is 2.41 bits per heavy atom. The zero-order valence-electron chi connectivity index (χ0n) is 10.9. The zero-order valence-corrected chi connectivity index (χ0v) is 10.9. The predicted molar refractivity (Wildman–Crippen MR) is 71.2 cm³/mol. The first-order valence-electron chi connectivity index (χ1n) is 6.08. The number of pyridine rings is 1. The van der Waals surface area contributed by atoms with Crippen molar-refractivity contribution in [1.29, 1.82) is 0 Å². The monoisotopic (exact) mass is 229 g/mol. The van der Waals surface area contributed by atoms with Crippen LogP contribution >= 0.6 is 0 Å². The maximum Gasteiger partial charge on any atom is 0.0932 e. The molecule has 1 aromatic carbocycles. The van der Waals surface area contributed by atoms with Gasteiger partial charge in [-0.25, -0.2) is 0 Å². The van der Waals surface area contributed by atoms with Crippen LogP contribution in [0.15, 0.2) is 24.3 Å². The van der Waals surface area contributed by atoms with Crippen LogP contribution in [0.1, 0.15) is 49.6 Å². The van der Waals surface area contributed by atoms with Gasteiger partial charge < -0.3 is 5.11 Å². The summed E-state index contributed by atoms with van der Waals surface area (Å²) in [5.74, 6) is 0.523. The fraction of sp³-hybridized carbons (Fsp3) is 0.400. The fourth-order valence-corrected chi connectivity index (χ4v) is 2.01. The Labute approximate surface area is 102 Å². The van der Waals surface area contributed by atoms with E-state index in [0.717, 1.165) is 11.2 Å². The third kappa shape index (κ3) is 2.32. The highest BCUT2D eigenvalue weighted by molar-refractivity contribution is 5.83. The van der Waals surface area contributed by atoms with Crippen LogP contribution < -0.4 is 0 Å². The van der Waals surface area contributed by atoms with E-state index in [1.165, 1.54) is 16.5 Å². The number of fused-ring (bicyclic) bond motifs is 1. The van der Waals surface area contributed by atoms with Crippen molar-refractivity contribution >= 4 is 10.9 Å². The van der Waals surface area contributed by atoms with Crippen molar-refractivity contribution in [3.8, 4) is 0 Å². The molecule has 0 bridgehead atoms. The molecule has 0 aliphatic carbocycles. The van der Waals surface area contributed by atoms with Gasteiger partial charge in [0.2, 0.25) is 0 Å². The molecule has 0 aliphatic rings. The Morgan fingerprint density at radius 1 is 1.12 bits per heavy atom. The van der Waals surface area contributed by atoms with Crippen molar-refractivity contribution in [2.24, 2.45) is 0 Å². The summed E-state index contributed by atoms with van der Waals surface area (Å²) in [6, 6.07) is 8.33. The molecule has 1 N–H and O–H groups in total. The largest absolute Gasteiger partial charge is 0.387 e. The average Bonchev–Trinajstić information content (AvgIpc) is 2.28. The van der Waals surface area contributed by atoms with Gasteiger partial charge in [0.1, 0.15) is 0 Å². The first-order valence-corrected chi connectivity index (χ1v) is 6.08. The normalized spacial score (nSPS) is 13.3. The van der Waals surface area contributed by atoms with E-state index in [4.69, 9.17) is 0 Å². The Kier molecular flexibility index (Phi) is 3.16. The highest BCUT2D eigenvalue weighted by Gasteiger charge is 2.08. The number of hydrogen-bond donors (Lipinski definition) is 1. The molecule has 2 nitrogen and oxygen atoms in total. The lowest BCUT2D eigenvalue weighted by Gasteiger charge is -2.11. The van der Waals surface area contributed by atoms with E-state index in [2.05, 4.69) is 37.9 Å². The van der Waals surface area contributed by atoms with Gasteiger partial charge in [-0.3, -0.25) is 4.98 Å². The van der Waals surface area contributed by atoms with Crippen molar-refractivity contribution < 1.29 is 5.11 Å². The molecule has 2 rings (SSSR count). The standard InChI is InChI=1S/C15H19NO/c1-9(2)12-5-6-14-13(8-12)10(3)7-15(16-14)11(4)17/h5-9,11,17H,1-4H3. The summed E-state index contributed by atoms with van der Waals surface area (Å²) in [5.41, 5.74) is 4.21. The van der Waals surface area contributed by atoms with Gasteiger partial charge in [-0.1, -0.05) is 19.9 Å². The molecule has 0 saturated heterocycles. The van der Waals surface area contributed by atoms with E-state index < -0.39 is 6.10 Å². The van der Waals surface area contributed by atoms with Crippen molar-refractivity contribution in [3.05, 3.63) is 41.1 Å². The number of rotatable bonds is 2. The van der Waals surface area contributed by atoms with Gasteiger partial charge in [-0.05, 0) is 49.1 Å². The maximum atomic E-state index is 9.59. The minimum Gasteiger partial charge on any atom is -0.387 e. The second kappa shape index (κ2) is 4.46. The summed E-state index contributed by atoms with van der Waals surface area (Å²) in [5, 5.41) is 10.8. The second-order valence-electron chi connectivity index (χ2n) is 4.97. The van der Waals surface area contributed by atoms with Gasteiger partial charge in [0.05, 0.1) is 17.3 Å². The maximum absolute atomic E-state index is 9.59. The Bertz CT molecular complexity index is 544. The molecule has 0 aliphatic heterocycles. The Hall–Kier alpha value is -1.41. The number of hydrogen-bond acceptors (Lipinski definition) is 2. The Balaban J connectivity index is 2.64. The molecule has 0 amide bonds. The number of aromatic nitrogens is 1. The van der Waals surface area contributed by atoms with E-state index >= 15 is 0 Å². The molecule has 2 aromatic rings. The lowest BCUT2D eigenvalue weighted by Crippen LogP contribution is -1.98. The first-order chi connectivity index (χ1) is 7.99. The third-order valence-corrected chi connectivity index (χ3v) is 3.15. The van der Waals surface area contributed by atoms with Crippen LogP contribution in [0.25, 0.3) is 10.9 Å². The lowest BCUT2D eigenvalue weighted by atomic mass is 9.98. The molecule has 1 aromatic heterocycles. The minimum absolute atomic E-state index is 0.511. The van der Waals surface area contributed by atoms with Gasteiger partial charge in [0.15, 0.2) is 0 Å². The van der Waals surface area contributed by atoms with Crippen molar-refractivity contribution in [3.63, 3.8) is 0 Å². The van der Waals surface area contributed by atoms with E-state index in [1.807, 2.05) is 12.1 Å². The smallest absolute Gasteiger partial charge is 0.0932 e. The summed E-state index contributed by atoms with van der Waals surface area (Å²) >= 11 is 0. The summed E-state index contributed by atoms with van der Waals surface area (Å²) in [7, 11) is 0. The van der Waals surface area contributed by atoms with E-state index in [1.54, 1.807) is 6.92 Å². The summed E-state index contributed by atoms with van der Waals surface area (Å²) in [6.07, 6.45) is -0.511. The van der Waals surface area contributed by atoms with E-state index in [-0.39, 0.29) is 0 Å². The van der Waals surface area contributed by atoms with Crippen LogP contribution in [-0.2, 0) is 0 Å². The molecule has 0 fully saturated rings. The Morgan fingerprint density at radius 2 is 1.82 bits per heavy atom. The van der Waals surface area contributed by atoms with Crippen LogP contribution in [0, 0.1) is 6.92 Å². The van der Waals surface area contributed by atoms with Gasteiger partial charge >= 0.3 is 0 Å². The first kappa shape index (κ1) is 12.1. The van der Waals surface area contributed by atoms with Crippen LogP contribution in [0.2, 0.25) is 0 Å². The molecule has 1 heterocycles. The second-order valence-corrected chi connectivity index (χ2v) is 4.97. The summed E-state index contributed by atoms with van der Waals surface area (Å²) in [6.45, 7) is 8.19. The van der Waals surface area contributed by atoms with E-state index in [9.17, 15) is 5.11 Å². The number of aliphatic hydroxyl groups excluding tert-OH is 1. The molecule has 17 heavy (non-hydrogen) atoms. The molecular weight excluding hydrogens is 210 g/mol. The van der Waals surface area contributed by atoms with Crippen LogP contribution in [0.3, 0.4) is 0 Å². The number of benzene rings is 1. The number of aliphatic hydroxyl groups is 1. The molecule has 2 heteroatoms. The topological polar surface area (TPSA) is 33.1 Å². The third-order valence-electron chi connectivity index (χ3n) is 3.15. The molecule has 90 valence electrons. The van der Waals surface area contributed by atoms with Crippen molar-refractivity contribution in [2.75, 3.05) is 0 Å². The quantitative estimate of drug-likeness (QED) is 0.851. The minimum atomic E-state index is -0.511.